The average molecular weight is 241 g/mol. The molecule has 1 aliphatic carbocycles. The summed E-state index contributed by atoms with van der Waals surface area (Å²) >= 11 is 0. The first-order chi connectivity index (χ1) is 8.11. The van der Waals surface area contributed by atoms with Crippen molar-refractivity contribution >= 4 is 6.03 Å². The highest BCUT2D eigenvalue weighted by molar-refractivity contribution is 5.75. The fourth-order valence-electron chi connectivity index (χ4n) is 2.81. The minimum absolute atomic E-state index is 0.0898. The van der Waals surface area contributed by atoms with Gasteiger partial charge in [-0.2, -0.15) is 0 Å². The van der Waals surface area contributed by atoms with Crippen molar-refractivity contribution in [1.82, 2.24) is 9.80 Å². The maximum atomic E-state index is 12.4. The molecule has 2 N–H and O–H groups in total. The van der Waals surface area contributed by atoms with Crippen molar-refractivity contribution in [3.8, 4) is 0 Å². The van der Waals surface area contributed by atoms with Crippen molar-refractivity contribution in [1.29, 1.82) is 0 Å². The molecule has 0 saturated heterocycles. The Hall–Kier alpha value is -0.770. The van der Waals surface area contributed by atoms with Crippen molar-refractivity contribution in [2.75, 3.05) is 26.7 Å². The van der Waals surface area contributed by atoms with Gasteiger partial charge in [-0.15, -0.1) is 0 Å². The number of nitrogens with zero attached hydrogens (tertiary/aromatic N) is 2. The Morgan fingerprint density at radius 3 is 2.18 bits per heavy atom. The van der Waals surface area contributed by atoms with E-state index in [1.54, 1.807) is 4.90 Å². The number of carbonyl (C=O) groups is 1. The summed E-state index contributed by atoms with van der Waals surface area (Å²) in [6.07, 6.45) is 5.77. The fraction of sp³-hybridized carbons (Fsp3) is 0.923. The maximum absolute atomic E-state index is 12.4. The molecule has 1 fully saturated rings. The quantitative estimate of drug-likeness (QED) is 0.819. The molecule has 0 heterocycles. The molecule has 4 heteroatoms. The summed E-state index contributed by atoms with van der Waals surface area (Å²) in [7, 11) is 1.86. The largest absolute Gasteiger partial charge is 0.328 e. The SMILES string of the molecule is CCN(C)C(=O)N(CC)C1(CN)CCCCC1. The van der Waals surface area contributed by atoms with Crippen LogP contribution in [0.1, 0.15) is 46.0 Å². The van der Waals surface area contributed by atoms with Gasteiger partial charge in [-0.25, -0.2) is 4.79 Å². The summed E-state index contributed by atoms with van der Waals surface area (Å²) in [5, 5.41) is 0. The number of rotatable bonds is 4. The molecule has 1 aliphatic rings. The average Bonchev–Trinajstić information content (AvgIpc) is 2.39. The van der Waals surface area contributed by atoms with Crippen LogP contribution in [0.5, 0.6) is 0 Å². The molecular formula is C13H27N3O. The van der Waals surface area contributed by atoms with E-state index < -0.39 is 0 Å². The Morgan fingerprint density at radius 1 is 1.18 bits per heavy atom. The topological polar surface area (TPSA) is 49.6 Å². The molecule has 0 aliphatic heterocycles. The standard InChI is InChI=1S/C13H27N3O/c1-4-15(3)12(17)16(5-2)13(11-14)9-7-6-8-10-13/h4-11,14H2,1-3H3. The van der Waals surface area contributed by atoms with Gasteiger partial charge in [-0.1, -0.05) is 19.3 Å². The van der Waals surface area contributed by atoms with Gasteiger partial charge in [0.25, 0.3) is 0 Å². The molecular weight excluding hydrogens is 214 g/mol. The second kappa shape index (κ2) is 6.24. The lowest BCUT2D eigenvalue weighted by Gasteiger charge is -2.46. The van der Waals surface area contributed by atoms with Gasteiger partial charge in [0.05, 0.1) is 5.54 Å². The summed E-state index contributed by atoms with van der Waals surface area (Å²) in [5.41, 5.74) is 5.89. The third-order valence-electron chi connectivity index (χ3n) is 4.08. The van der Waals surface area contributed by atoms with E-state index in [4.69, 9.17) is 5.73 Å². The van der Waals surface area contributed by atoms with E-state index in [9.17, 15) is 4.79 Å². The van der Waals surface area contributed by atoms with Crippen molar-refractivity contribution < 1.29 is 4.79 Å². The monoisotopic (exact) mass is 241 g/mol. The highest BCUT2D eigenvalue weighted by atomic mass is 16.2. The fourth-order valence-corrected chi connectivity index (χ4v) is 2.81. The van der Waals surface area contributed by atoms with E-state index in [2.05, 4.69) is 0 Å². The molecule has 17 heavy (non-hydrogen) atoms. The zero-order chi connectivity index (χ0) is 12.9. The van der Waals surface area contributed by atoms with E-state index >= 15 is 0 Å². The summed E-state index contributed by atoms with van der Waals surface area (Å²) in [4.78, 5) is 16.1. The van der Waals surface area contributed by atoms with Crippen molar-refractivity contribution in [3.63, 3.8) is 0 Å². The van der Waals surface area contributed by atoms with E-state index in [1.807, 2.05) is 25.8 Å². The summed E-state index contributed by atoms with van der Waals surface area (Å²) < 4.78 is 0. The van der Waals surface area contributed by atoms with Gasteiger partial charge >= 0.3 is 6.03 Å². The molecule has 0 aromatic heterocycles. The third-order valence-corrected chi connectivity index (χ3v) is 4.08. The van der Waals surface area contributed by atoms with Gasteiger partial charge in [0.2, 0.25) is 0 Å². The molecule has 1 rings (SSSR count). The van der Waals surface area contributed by atoms with Crippen LogP contribution in [0.4, 0.5) is 4.79 Å². The molecule has 0 bridgehead atoms. The normalized spacial score (nSPS) is 18.8. The molecule has 100 valence electrons. The van der Waals surface area contributed by atoms with Crippen LogP contribution in [-0.2, 0) is 0 Å². The second-order valence-electron chi connectivity index (χ2n) is 5.03. The van der Waals surface area contributed by atoms with Crippen LogP contribution in [0.15, 0.2) is 0 Å². The van der Waals surface area contributed by atoms with Gasteiger partial charge in [0.1, 0.15) is 0 Å². The smallest absolute Gasteiger partial charge is 0.320 e. The zero-order valence-electron chi connectivity index (χ0n) is 11.5. The summed E-state index contributed by atoms with van der Waals surface area (Å²) in [5.74, 6) is 0. The number of amides is 2. The number of hydrogen-bond donors (Lipinski definition) is 1. The second-order valence-corrected chi connectivity index (χ2v) is 5.03. The molecule has 1 saturated carbocycles. The first kappa shape index (κ1) is 14.3. The first-order valence-electron chi connectivity index (χ1n) is 6.84. The Labute approximate surface area is 105 Å². The molecule has 0 aromatic carbocycles. The van der Waals surface area contributed by atoms with Crippen LogP contribution in [-0.4, -0.2) is 48.1 Å². The maximum Gasteiger partial charge on any atom is 0.320 e. The van der Waals surface area contributed by atoms with Crippen LogP contribution < -0.4 is 5.73 Å². The van der Waals surface area contributed by atoms with Crippen LogP contribution in [0.25, 0.3) is 0 Å². The molecule has 2 amide bonds. The summed E-state index contributed by atoms with van der Waals surface area (Å²) in [6.45, 7) is 6.13. The van der Waals surface area contributed by atoms with Crippen LogP contribution >= 0.6 is 0 Å². The number of hydrogen-bond acceptors (Lipinski definition) is 2. The predicted molar refractivity (Wildman–Crippen MR) is 71.0 cm³/mol. The van der Waals surface area contributed by atoms with E-state index in [0.29, 0.717) is 6.54 Å². The first-order valence-corrected chi connectivity index (χ1v) is 6.84. The van der Waals surface area contributed by atoms with Crippen molar-refractivity contribution in [2.24, 2.45) is 5.73 Å². The van der Waals surface area contributed by atoms with Gasteiger partial charge in [0.15, 0.2) is 0 Å². The Bertz CT molecular complexity index is 249. The van der Waals surface area contributed by atoms with E-state index in [-0.39, 0.29) is 11.6 Å². The number of urea groups is 1. The minimum atomic E-state index is -0.0898. The van der Waals surface area contributed by atoms with Gasteiger partial charge < -0.3 is 15.5 Å². The molecule has 0 radical (unpaired) electrons. The van der Waals surface area contributed by atoms with Gasteiger partial charge in [-0.05, 0) is 26.7 Å². The molecule has 0 atom stereocenters. The van der Waals surface area contributed by atoms with Crippen molar-refractivity contribution in [3.05, 3.63) is 0 Å². The molecule has 0 unspecified atom stereocenters. The molecule has 4 nitrogen and oxygen atoms in total. The lowest BCUT2D eigenvalue weighted by Crippen LogP contribution is -2.59. The van der Waals surface area contributed by atoms with Gasteiger partial charge in [-0.3, -0.25) is 0 Å². The Morgan fingerprint density at radius 2 is 1.76 bits per heavy atom. The highest BCUT2D eigenvalue weighted by Gasteiger charge is 2.39. The lowest BCUT2D eigenvalue weighted by molar-refractivity contribution is 0.0706. The highest BCUT2D eigenvalue weighted by Crippen LogP contribution is 2.33. The van der Waals surface area contributed by atoms with Crippen LogP contribution in [0.2, 0.25) is 0 Å². The van der Waals surface area contributed by atoms with E-state index in [0.717, 1.165) is 25.9 Å². The predicted octanol–water partition coefficient (Wildman–Crippen LogP) is 2.04. The van der Waals surface area contributed by atoms with Gasteiger partial charge in [0, 0.05) is 26.7 Å². The Kier molecular flexibility index (Phi) is 5.25. The minimum Gasteiger partial charge on any atom is -0.328 e. The van der Waals surface area contributed by atoms with Crippen LogP contribution in [0.3, 0.4) is 0 Å². The summed E-state index contributed by atoms with van der Waals surface area (Å²) in [6, 6.07) is 0.127. The number of likely N-dealkylation sites (N-methyl/N-ethyl adjacent to an activating group) is 1. The zero-order valence-corrected chi connectivity index (χ0v) is 11.5. The third kappa shape index (κ3) is 2.92. The molecule has 0 spiro atoms. The Balaban J connectivity index is 2.85. The number of carbonyl (C=O) groups excluding carboxylic acids is 1. The van der Waals surface area contributed by atoms with Crippen LogP contribution in [0, 0.1) is 0 Å². The van der Waals surface area contributed by atoms with E-state index in [1.165, 1.54) is 19.3 Å². The van der Waals surface area contributed by atoms with Crippen molar-refractivity contribution in [2.45, 2.75) is 51.5 Å². The molecule has 0 aromatic rings. The lowest BCUT2D eigenvalue weighted by atomic mass is 9.80. The number of nitrogens with two attached hydrogens (primary N) is 1.